The second-order valence-corrected chi connectivity index (χ2v) is 6.87. The molecule has 2 heterocycles. The number of amides is 2. The number of imide groups is 1. The summed E-state index contributed by atoms with van der Waals surface area (Å²) >= 11 is 0. The van der Waals surface area contributed by atoms with Crippen molar-refractivity contribution in [2.75, 3.05) is 12.0 Å². The quantitative estimate of drug-likeness (QED) is 0.532. The summed E-state index contributed by atoms with van der Waals surface area (Å²) < 4.78 is 5.17. The number of methoxy groups -OCH3 is 1. The Labute approximate surface area is 161 Å². The van der Waals surface area contributed by atoms with Crippen molar-refractivity contribution in [2.24, 2.45) is 0 Å². The smallest absolute Gasteiger partial charge is 0.266 e. The van der Waals surface area contributed by atoms with Crippen LogP contribution in [0, 0.1) is 0 Å². The van der Waals surface area contributed by atoms with E-state index in [0.717, 1.165) is 27.4 Å². The highest BCUT2D eigenvalue weighted by Gasteiger charge is 2.39. The van der Waals surface area contributed by atoms with Crippen molar-refractivity contribution in [3.63, 3.8) is 0 Å². The molecular weight excluding hydrogens is 352 g/mol. The van der Waals surface area contributed by atoms with Crippen molar-refractivity contribution in [3.8, 4) is 5.75 Å². The van der Waals surface area contributed by atoms with Gasteiger partial charge in [0.1, 0.15) is 5.75 Å². The highest BCUT2D eigenvalue weighted by molar-refractivity contribution is 6.36. The predicted molar refractivity (Wildman–Crippen MR) is 109 cm³/mol. The number of hydrogen-bond acceptors (Lipinski definition) is 3. The highest BCUT2D eigenvalue weighted by Crippen LogP contribution is 2.38. The molecule has 0 radical (unpaired) electrons. The first-order valence-corrected chi connectivity index (χ1v) is 9.23. The van der Waals surface area contributed by atoms with Gasteiger partial charge in [-0.15, -0.1) is 0 Å². The molecule has 1 aliphatic rings. The first kappa shape index (κ1) is 16.6. The summed E-state index contributed by atoms with van der Waals surface area (Å²) in [5, 5.41) is 2.03. The van der Waals surface area contributed by atoms with Gasteiger partial charge in [0.25, 0.3) is 11.8 Å². The molecule has 0 unspecified atom stereocenters. The number of fused-ring (bicyclic) bond motifs is 4. The van der Waals surface area contributed by atoms with Crippen LogP contribution in [0.25, 0.3) is 21.8 Å². The lowest BCUT2D eigenvalue weighted by Crippen LogP contribution is -2.29. The molecule has 5 nitrogen and oxygen atoms in total. The molecule has 0 fully saturated rings. The predicted octanol–water partition coefficient (Wildman–Crippen LogP) is 4.69. The van der Waals surface area contributed by atoms with Gasteiger partial charge in [-0.3, -0.25) is 9.59 Å². The van der Waals surface area contributed by atoms with E-state index >= 15 is 0 Å². The molecule has 5 rings (SSSR count). The van der Waals surface area contributed by atoms with Crippen molar-refractivity contribution >= 4 is 39.3 Å². The number of anilines is 1. The van der Waals surface area contributed by atoms with Gasteiger partial charge in [-0.05, 0) is 48.4 Å². The molecule has 0 atom stereocenters. The van der Waals surface area contributed by atoms with Crippen molar-refractivity contribution < 1.29 is 14.3 Å². The third-order valence-electron chi connectivity index (χ3n) is 5.44. The van der Waals surface area contributed by atoms with Crippen LogP contribution < -0.4 is 9.64 Å². The molecule has 0 saturated carbocycles. The number of carbonyl (C=O) groups excluding carboxylic acids is 2. The summed E-state index contributed by atoms with van der Waals surface area (Å²) in [5.41, 5.74) is 4.33. The Morgan fingerprint density at radius 3 is 2.43 bits per heavy atom. The van der Waals surface area contributed by atoms with Crippen LogP contribution in [0.15, 0.2) is 54.6 Å². The molecule has 1 aliphatic heterocycles. The largest absolute Gasteiger partial charge is 0.497 e. The number of H-pyrrole nitrogens is 1. The van der Waals surface area contributed by atoms with Crippen molar-refractivity contribution in [1.29, 1.82) is 0 Å². The summed E-state index contributed by atoms with van der Waals surface area (Å²) in [7, 11) is 1.58. The minimum Gasteiger partial charge on any atom is -0.497 e. The van der Waals surface area contributed by atoms with E-state index in [1.54, 1.807) is 31.4 Å². The van der Waals surface area contributed by atoms with E-state index < -0.39 is 0 Å². The number of benzene rings is 3. The summed E-state index contributed by atoms with van der Waals surface area (Å²) in [6, 6.07) is 16.8. The SMILES string of the molecule is CCc1c2c(cc3c1[nH]c1ccccc13)C(=O)N(c1ccc(OC)cc1)C2=O. The van der Waals surface area contributed by atoms with Crippen LogP contribution in [-0.4, -0.2) is 23.9 Å². The molecule has 138 valence electrons. The van der Waals surface area contributed by atoms with Gasteiger partial charge in [0, 0.05) is 16.3 Å². The molecule has 4 aromatic rings. The molecular formula is C23H18N2O3. The number of aromatic amines is 1. The zero-order valence-electron chi connectivity index (χ0n) is 15.6. The zero-order chi connectivity index (χ0) is 19.4. The van der Waals surface area contributed by atoms with E-state index in [1.165, 1.54) is 4.90 Å². The Hall–Kier alpha value is -3.60. The van der Waals surface area contributed by atoms with Crippen LogP contribution in [0.4, 0.5) is 5.69 Å². The number of hydrogen-bond donors (Lipinski definition) is 1. The lowest BCUT2D eigenvalue weighted by molar-refractivity contribution is 0.0926. The molecule has 5 heteroatoms. The monoisotopic (exact) mass is 370 g/mol. The van der Waals surface area contributed by atoms with E-state index in [9.17, 15) is 9.59 Å². The lowest BCUT2D eigenvalue weighted by Gasteiger charge is -2.14. The van der Waals surface area contributed by atoms with Crippen LogP contribution in [-0.2, 0) is 6.42 Å². The molecule has 1 N–H and O–H groups in total. The number of aryl methyl sites for hydroxylation is 1. The maximum absolute atomic E-state index is 13.3. The number of ether oxygens (including phenoxy) is 1. The van der Waals surface area contributed by atoms with Gasteiger partial charge in [0.15, 0.2) is 0 Å². The van der Waals surface area contributed by atoms with Crippen LogP contribution in [0.5, 0.6) is 5.75 Å². The van der Waals surface area contributed by atoms with E-state index in [1.807, 2.05) is 37.3 Å². The van der Waals surface area contributed by atoms with E-state index in [2.05, 4.69) is 4.98 Å². The number of aromatic nitrogens is 1. The van der Waals surface area contributed by atoms with E-state index in [4.69, 9.17) is 4.74 Å². The fourth-order valence-electron chi connectivity index (χ4n) is 4.11. The maximum atomic E-state index is 13.3. The Morgan fingerprint density at radius 2 is 1.71 bits per heavy atom. The highest BCUT2D eigenvalue weighted by atomic mass is 16.5. The Kier molecular flexibility index (Phi) is 3.52. The zero-order valence-corrected chi connectivity index (χ0v) is 15.6. The maximum Gasteiger partial charge on any atom is 0.266 e. The molecule has 0 saturated heterocycles. The van der Waals surface area contributed by atoms with Crippen LogP contribution >= 0.6 is 0 Å². The third kappa shape index (κ3) is 2.13. The van der Waals surface area contributed by atoms with Crippen molar-refractivity contribution in [3.05, 3.63) is 71.3 Å². The average molecular weight is 370 g/mol. The normalized spacial score (nSPS) is 13.6. The minimum absolute atomic E-state index is 0.275. The minimum atomic E-state index is -0.285. The molecule has 3 aromatic carbocycles. The second-order valence-electron chi connectivity index (χ2n) is 6.87. The molecule has 0 bridgehead atoms. The summed E-state index contributed by atoms with van der Waals surface area (Å²) in [4.78, 5) is 31.1. The molecule has 0 spiro atoms. The Bertz CT molecular complexity index is 1270. The molecule has 1 aromatic heterocycles. The number of para-hydroxylation sites is 1. The molecule has 0 aliphatic carbocycles. The van der Waals surface area contributed by atoms with Crippen LogP contribution in [0.1, 0.15) is 33.2 Å². The van der Waals surface area contributed by atoms with Crippen molar-refractivity contribution in [2.45, 2.75) is 13.3 Å². The van der Waals surface area contributed by atoms with Crippen molar-refractivity contribution in [1.82, 2.24) is 4.98 Å². The lowest BCUT2D eigenvalue weighted by atomic mass is 9.96. The number of rotatable bonds is 3. The number of carbonyl (C=O) groups is 2. The topological polar surface area (TPSA) is 62.4 Å². The number of nitrogens with one attached hydrogen (secondary N) is 1. The fourth-order valence-corrected chi connectivity index (χ4v) is 4.11. The van der Waals surface area contributed by atoms with Gasteiger partial charge in [0.2, 0.25) is 0 Å². The molecule has 28 heavy (non-hydrogen) atoms. The Balaban J connectivity index is 1.74. The second kappa shape index (κ2) is 5.96. The fraction of sp³-hybridized carbons (Fsp3) is 0.130. The van der Waals surface area contributed by atoms with E-state index in [0.29, 0.717) is 29.0 Å². The summed E-state index contributed by atoms with van der Waals surface area (Å²) in [5.74, 6) is 0.115. The first-order valence-electron chi connectivity index (χ1n) is 9.23. The summed E-state index contributed by atoms with van der Waals surface area (Å²) in [6.45, 7) is 2.01. The first-order chi connectivity index (χ1) is 13.6. The average Bonchev–Trinajstić information content (AvgIpc) is 3.22. The van der Waals surface area contributed by atoms with Gasteiger partial charge >= 0.3 is 0 Å². The standard InChI is InChI=1S/C23H18N2O3/c1-3-15-20-18(12-17-16-6-4-5-7-19(16)24-21(15)17)22(26)25(23(20)27)13-8-10-14(28-2)11-9-13/h4-12,24H,3H2,1-2H3. The van der Waals surface area contributed by atoms with E-state index in [-0.39, 0.29) is 11.8 Å². The number of nitrogens with zero attached hydrogens (tertiary/aromatic N) is 1. The van der Waals surface area contributed by atoms with Crippen LogP contribution in [0.3, 0.4) is 0 Å². The van der Waals surface area contributed by atoms with Gasteiger partial charge in [0.05, 0.1) is 29.4 Å². The summed E-state index contributed by atoms with van der Waals surface area (Å²) in [6.07, 6.45) is 0.655. The van der Waals surface area contributed by atoms with Gasteiger partial charge < -0.3 is 9.72 Å². The molecule has 2 amide bonds. The van der Waals surface area contributed by atoms with Gasteiger partial charge in [-0.1, -0.05) is 25.1 Å². The van der Waals surface area contributed by atoms with Gasteiger partial charge in [-0.2, -0.15) is 0 Å². The van der Waals surface area contributed by atoms with Crippen LogP contribution in [0.2, 0.25) is 0 Å². The Morgan fingerprint density at radius 1 is 0.964 bits per heavy atom. The third-order valence-corrected chi connectivity index (χ3v) is 5.44. The van der Waals surface area contributed by atoms with Gasteiger partial charge in [-0.25, -0.2) is 4.90 Å².